The minimum atomic E-state index is -0.00203. The van der Waals surface area contributed by atoms with Crippen molar-refractivity contribution in [3.05, 3.63) is 93.1 Å². The van der Waals surface area contributed by atoms with E-state index in [1.807, 2.05) is 77.0 Å². The van der Waals surface area contributed by atoms with Crippen molar-refractivity contribution < 1.29 is 9.59 Å². The van der Waals surface area contributed by atoms with Crippen LogP contribution in [0, 0.1) is 33.1 Å². The van der Waals surface area contributed by atoms with Gasteiger partial charge in [0, 0.05) is 66.7 Å². The maximum atomic E-state index is 13.0. The number of carbonyl (C=O) groups excluding carboxylic acids is 2. The van der Waals surface area contributed by atoms with Gasteiger partial charge in [0.05, 0.1) is 16.7 Å². The van der Waals surface area contributed by atoms with Crippen molar-refractivity contribution in [2.45, 2.75) is 60.3 Å². The number of fused-ring (bicyclic) bond motifs is 6. The van der Waals surface area contributed by atoms with Gasteiger partial charge in [0.2, 0.25) is 11.8 Å². The fourth-order valence-corrected chi connectivity index (χ4v) is 6.71. The largest absolute Gasteiger partial charge is 0.355 e. The van der Waals surface area contributed by atoms with Crippen LogP contribution in [0.1, 0.15) is 76.5 Å². The summed E-state index contributed by atoms with van der Waals surface area (Å²) in [4.78, 5) is 42.4. The Hall–Kier alpha value is -5.06. The molecule has 0 atom stereocenters. The van der Waals surface area contributed by atoms with E-state index in [1.165, 1.54) is 0 Å². The number of carbonyl (C=O) groups is 2. The van der Waals surface area contributed by atoms with Crippen molar-refractivity contribution in [3.63, 3.8) is 0 Å². The third-order valence-electron chi connectivity index (χ3n) is 10.0. The third-order valence-corrected chi connectivity index (χ3v) is 10.0. The molecule has 0 saturated carbocycles. The van der Waals surface area contributed by atoms with E-state index in [4.69, 9.17) is 10.4 Å². The molecular formula is C43H58N8O2. The summed E-state index contributed by atoms with van der Waals surface area (Å²) in [7, 11) is 7.94. The van der Waals surface area contributed by atoms with Crippen LogP contribution < -0.4 is 16.0 Å². The molecule has 10 heteroatoms. The number of nitrogens with zero attached hydrogens (tertiary/aromatic N) is 3. The van der Waals surface area contributed by atoms with Gasteiger partial charge in [0.25, 0.3) is 0 Å². The van der Waals surface area contributed by atoms with Gasteiger partial charge in [-0.25, -0.2) is 4.98 Å². The molecule has 0 fully saturated rings. The van der Waals surface area contributed by atoms with Crippen LogP contribution in [-0.2, 0) is 16.0 Å². The van der Waals surface area contributed by atoms with Crippen molar-refractivity contribution >= 4 is 57.2 Å². The lowest BCUT2D eigenvalue weighted by molar-refractivity contribution is -0.121. The number of amides is 2. The van der Waals surface area contributed by atoms with E-state index < -0.39 is 0 Å². The Morgan fingerprint density at radius 1 is 0.717 bits per heavy atom. The fraction of sp³-hybridized carbons (Fsp3) is 0.395. The monoisotopic (exact) mass is 718 g/mol. The molecular weight excluding hydrogens is 661 g/mol. The van der Waals surface area contributed by atoms with Gasteiger partial charge in [0.1, 0.15) is 0 Å². The van der Waals surface area contributed by atoms with Crippen LogP contribution in [0.2, 0.25) is 0 Å². The van der Waals surface area contributed by atoms with Gasteiger partial charge in [-0.1, -0.05) is 25.3 Å². The van der Waals surface area contributed by atoms with E-state index in [0.29, 0.717) is 44.1 Å². The van der Waals surface area contributed by atoms with Gasteiger partial charge in [-0.15, -0.1) is 0 Å². The highest BCUT2D eigenvalue weighted by molar-refractivity contribution is 5.94. The molecule has 1 aliphatic rings. The maximum Gasteiger partial charge on any atom is 0.220 e. The molecule has 0 saturated heterocycles. The quantitative estimate of drug-likeness (QED) is 0.128. The van der Waals surface area contributed by atoms with Crippen LogP contribution in [0.4, 0.5) is 0 Å². The topological polar surface area (TPSA) is 133 Å². The van der Waals surface area contributed by atoms with E-state index >= 15 is 0 Å². The van der Waals surface area contributed by atoms with E-state index in [-0.39, 0.29) is 11.8 Å². The SMILES string of the molecule is C=Cc1c(C)cc2[nH]c(cc3nc(cc4[nH]c(cc(=N)c1C)c(C=C)c4C)C(C)=C3CCC(=O)NCCN(C)C)c(CCC(=O)NCCN(C)C)c2C. The van der Waals surface area contributed by atoms with Crippen LogP contribution in [-0.4, -0.2) is 90.9 Å². The summed E-state index contributed by atoms with van der Waals surface area (Å²) < 4.78 is 0. The molecule has 3 aromatic rings. The molecule has 6 bridgehead atoms. The molecule has 53 heavy (non-hydrogen) atoms. The summed E-state index contributed by atoms with van der Waals surface area (Å²) in [6.07, 6.45) is 5.35. The lowest BCUT2D eigenvalue weighted by Gasteiger charge is -2.11. The smallest absolute Gasteiger partial charge is 0.220 e. The van der Waals surface area contributed by atoms with Gasteiger partial charge >= 0.3 is 0 Å². The zero-order chi connectivity index (χ0) is 39.0. The van der Waals surface area contributed by atoms with E-state index in [1.54, 1.807) is 6.08 Å². The Balaban J connectivity index is 2.01. The number of aromatic nitrogens is 3. The fourth-order valence-electron chi connectivity index (χ4n) is 6.71. The predicted octanol–water partition coefficient (Wildman–Crippen LogP) is 6.60. The summed E-state index contributed by atoms with van der Waals surface area (Å²) in [5.41, 5.74) is 13.7. The number of nitrogens with one attached hydrogen (secondary N) is 5. The first kappa shape index (κ1) is 40.7. The molecule has 0 radical (unpaired) electrons. The van der Waals surface area contributed by atoms with Crippen LogP contribution in [0.3, 0.4) is 0 Å². The Morgan fingerprint density at radius 2 is 1.26 bits per heavy atom. The molecule has 0 aliphatic carbocycles. The Labute approximate surface area is 314 Å². The lowest BCUT2D eigenvalue weighted by Crippen LogP contribution is -2.31. The second kappa shape index (κ2) is 18.1. The number of likely N-dealkylation sites (N-methyl/N-ethyl adjacent to an activating group) is 2. The van der Waals surface area contributed by atoms with Crippen LogP contribution in [0.15, 0.2) is 37.4 Å². The standard InChI is InChI=1S/C43H58N8O2/c1-12-31-26(3)22-36-29(6)33(14-16-42(52)45-18-20-50(8)9)40(47-36)25-41-34(15-17-43(53)46-19-21-51(10)11)30(7)38(49-41)24-37-28(5)32(13-2)39(48-37)23-35(44)27(31)4/h12-13,22-25,44,47-48H,1-2,14-21H2,3-11H3,(H,45,52)(H,46,53). The number of rotatable bonds is 14. The van der Waals surface area contributed by atoms with Crippen molar-refractivity contribution in [2.24, 2.45) is 0 Å². The normalized spacial score (nSPS) is 12.0. The minimum absolute atomic E-state index is 0.00203. The number of allylic oxidation sites excluding steroid dienone is 2. The molecule has 2 amide bonds. The van der Waals surface area contributed by atoms with Gasteiger partial charge in [-0.05, 0) is 144 Å². The Bertz CT molecular complexity index is 2150. The molecule has 4 heterocycles. The maximum absolute atomic E-state index is 13.0. The molecule has 0 unspecified atom stereocenters. The zero-order valence-electron chi connectivity index (χ0n) is 33.2. The Morgan fingerprint density at radius 3 is 1.85 bits per heavy atom. The molecule has 0 aromatic carbocycles. The number of hydrogen-bond acceptors (Lipinski definition) is 6. The first-order chi connectivity index (χ1) is 25.1. The van der Waals surface area contributed by atoms with E-state index in [2.05, 4.69) is 59.7 Å². The van der Waals surface area contributed by atoms with Gasteiger partial charge in [-0.2, -0.15) is 0 Å². The van der Waals surface area contributed by atoms with E-state index in [0.717, 1.165) is 96.6 Å². The third kappa shape index (κ3) is 10.1. The summed E-state index contributed by atoms with van der Waals surface area (Å²) in [6.45, 7) is 21.0. The molecule has 1 aliphatic heterocycles. The van der Waals surface area contributed by atoms with Crippen molar-refractivity contribution in [1.29, 1.82) is 5.41 Å². The number of aromatic amines is 2. The van der Waals surface area contributed by atoms with Crippen molar-refractivity contribution in [1.82, 2.24) is 35.4 Å². The second-order valence-electron chi connectivity index (χ2n) is 14.5. The highest BCUT2D eigenvalue weighted by atomic mass is 16.2. The molecule has 282 valence electrons. The lowest BCUT2D eigenvalue weighted by atomic mass is 10.00. The zero-order valence-corrected chi connectivity index (χ0v) is 33.2. The molecule has 10 nitrogen and oxygen atoms in total. The van der Waals surface area contributed by atoms with Crippen molar-refractivity contribution in [3.8, 4) is 0 Å². The second-order valence-corrected chi connectivity index (χ2v) is 14.5. The van der Waals surface area contributed by atoms with Crippen LogP contribution in [0.5, 0.6) is 0 Å². The molecule has 4 rings (SSSR count). The number of hydrogen-bond donors (Lipinski definition) is 5. The highest BCUT2D eigenvalue weighted by Crippen LogP contribution is 2.35. The predicted molar refractivity (Wildman–Crippen MR) is 221 cm³/mol. The van der Waals surface area contributed by atoms with E-state index in [9.17, 15) is 9.59 Å². The summed E-state index contributed by atoms with van der Waals surface area (Å²) >= 11 is 0. The summed E-state index contributed by atoms with van der Waals surface area (Å²) in [6, 6.07) is 8.05. The average Bonchev–Trinajstić information content (AvgIpc) is 3.66. The minimum Gasteiger partial charge on any atom is -0.355 e. The van der Waals surface area contributed by atoms with Gasteiger partial charge in [-0.3, -0.25) is 9.59 Å². The van der Waals surface area contributed by atoms with Crippen LogP contribution >= 0.6 is 0 Å². The summed E-state index contributed by atoms with van der Waals surface area (Å²) in [5.74, 6) is 0.000848. The highest BCUT2D eigenvalue weighted by Gasteiger charge is 2.20. The molecule has 0 spiro atoms. The molecule has 3 aromatic heterocycles. The first-order valence-electron chi connectivity index (χ1n) is 18.4. The van der Waals surface area contributed by atoms with Gasteiger partial charge in [0.15, 0.2) is 0 Å². The van der Waals surface area contributed by atoms with Crippen LogP contribution in [0.25, 0.3) is 45.4 Å². The average molecular weight is 719 g/mol. The first-order valence-corrected chi connectivity index (χ1v) is 18.4. The molecule has 5 N–H and O–H groups in total. The number of aryl methyl sites for hydroxylation is 4. The van der Waals surface area contributed by atoms with Crippen molar-refractivity contribution in [2.75, 3.05) is 54.4 Å². The Kier molecular flexibility index (Phi) is 13.9. The van der Waals surface area contributed by atoms with Gasteiger partial charge < -0.3 is 35.8 Å². The summed E-state index contributed by atoms with van der Waals surface area (Å²) in [5, 5.41) is 15.5. The number of H-pyrrole nitrogens is 2.